The number of primary amides is 1. The quantitative estimate of drug-likeness (QED) is 0.390. The normalized spacial score (nSPS) is 15.0. The van der Waals surface area contributed by atoms with Gasteiger partial charge in [-0.25, -0.2) is 9.59 Å². The summed E-state index contributed by atoms with van der Waals surface area (Å²) < 4.78 is 11.0. The highest BCUT2D eigenvalue weighted by molar-refractivity contribution is 7.19. The van der Waals surface area contributed by atoms with Gasteiger partial charge in [0.25, 0.3) is 5.91 Å². The van der Waals surface area contributed by atoms with Crippen LogP contribution < -0.4 is 16.4 Å². The number of hydrogen-bond donors (Lipinski definition) is 3. The van der Waals surface area contributed by atoms with Gasteiger partial charge in [0, 0.05) is 11.9 Å². The zero-order chi connectivity index (χ0) is 26.3. The Bertz CT molecular complexity index is 1110. The number of nitrogens with two attached hydrogens (primary N) is 1. The lowest BCUT2D eigenvalue weighted by Gasteiger charge is -2.23. The van der Waals surface area contributed by atoms with Gasteiger partial charge in [-0.15, -0.1) is 11.3 Å². The molecule has 9 heteroatoms. The molecule has 0 aliphatic heterocycles. The van der Waals surface area contributed by atoms with Crippen LogP contribution >= 0.6 is 11.3 Å². The van der Waals surface area contributed by atoms with Gasteiger partial charge in [-0.05, 0) is 76.1 Å². The maximum atomic E-state index is 12.8. The minimum Gasteiger partial charge on any atom is -0.461 e. The lowest BCUT2D eigenvalue weighted by atomic mass is 10.1. The molecule has 1 heterocycles. The highest BCUT2D eigenvalue weighted by Gasteiger charge is 2.28. The number of esters is 1. The number of alkyl carbamates (subject to hydrolysis) is 1. The van der Waals surface area contributed by atoms with Crippen LogP contribution in [0.2, 0.25) is 0 Å². The zero-order valence-electron chi connectivity index (χ0n) is 21.3. The Morgan fingerprint density at radius 3 is 2.53 bits per heavy atom. The van der Waals surface area contributed by atoms with Crippen LogP contribution in [0.15, 0.2) is 36.4 Å². The van der Waals surface area contributed by atoms with Gasteiger partial charge in [-0.2, -0.15) is 0 Å². The molecule has 1 aliphatic carbocycles. The first kappa shape index (κ1) is 27.3. The summed E-state index contributed by atoms with van der Waals surface area (Å²) in [5, 5.41) is 6.39. The average molecular weight is 514 g/mol. The molecule has 1 aliphatic rings. The first-order valence-corrected chi connectivity index (χ1v) is 13.0. The Balaban J connectivity index is 1.72. The molecule has 0 bridgehead atoms. The second-order valence-corrected chi connectivity index (χ2v) is 10.8. The Morgan fingerprint density at radius 2 is 1.92 bits per heavy atom. The van der Waals surface area contributed by atoms with E-state index in [1.165, 1.54) is 11.3 Å². The summed E-state index contributed by atoms with van der Waals surface area (Å²) in [6.45, 7) is 5.31. The topological polar surface area (TPSA) is 120 Å². The van der Waals surface area contributed by atoms with Crippen molar-refractivity contribution >= 4 is 40.4 Å². The summed E-state index contributed by atoms with van der Waals surface area (Å²) in [4.78, 5) is 37.8. The Morgan fingerprint density at radius 1 is 1.19 bits per heavy atom. The van der Waals surface area contributed by atoms with Gasteiger partial charge < -0.3 is 25.8 Å². The molecule has 0 saturated heterocycles. The molecule has 1 aromatic heterocycles. The first-order valence-electron chi connectivity index (χ1n) is 12.1. The lowest BCUT2D eigenvalue weighted by molar-refractivity contribution is -0.151. The van der Waals surface area contributed by atoms with E-state index >= 15 is 0 Å². The first-order chi connectivity index (χ1) is 17.1. The number of ether oxygens (including phenoxy) is 2. The van der Waals surface area contributed by atoms with E-state index < -0.39 is 29.6 Å². The standard InChI is InChI=1S/C27H35N3O5S/c1-27(2,3)35-26(33)30-21(25(32)34-19-12-5-6-13-19)14-8-10-17-9-7-11-18(15-17)22-16-20(23(28)31)24(29-4)36-22/h7-11,15-16,19,21,29H,5-6,12-14H2,1-4H3,(H2,28,31)(H,30,33)/b10-8+. The van der Waals surface area contributed by atoms with Gasteiger partial charge in [-0.3, -0.25) is 4.79 Å². The number of anilines is 1. The van der Waals surface area contributed by atoms with E-state index in [1.807, 2.05) is 36.4 Å². The van der Waals surface area contributed by atoms with Gasteiger partial charge in [-0.1, -0.05) is 30.4 Å². The predicted molar refractivity (Wildman–Crippen MR) is 143 cm³/mol. The van der Waals surface area contributed by atoms with E-state index in [4.69, 9.17) is 15.2 Å². The van der Waals surface area contributed by atoms with Crippen LogP contribution in [0.25, 0.3) is 16.5 Å². The number of carbonyl (C=O) groups excluding carboxylic acids is 3. The second-order valence-electron chi connectivity index (χ2n) is 9.77. The van der Waals surface area contributed by atoms with E-state index in [0.717, 1.165) is 46.7 Å². The van der Waals surface area contributed by atoms with Crippen molar-refractivity contribution < 1.29 is 23.9 Å². The van der Waals surface area contributed by atoms with Crippen LogP contribution in [0.3, 0.4) is 0 Å². The van der Waals surface area contributed by atoms with Crippen LogP contribution in [0.5, 0.6) is 0 Å². The van der Waals surface area contributed by atoms with Gasteiger partial charge in [0.15, 0.2) is 0 Å². The van der Waals surface area contributed by atoms with E-state index in [2.05, 4.69) is 10.6 Å². The van der Waals surface area contributed by atoms with Gasteiger partial charge in [0.05, 0.1) is 5.56 Å². The fraction of sp³-hybridized carbons (Fsp3) is 0.444. The number of nitrogens with one attached hydrogen (secondary N) is 2. The summed E-state index contributed by atoms with van der Waals surface area (Å²) in [6.07, 6.45) is 7.00. The Labute approximate surface area is 216 Å². The molecule has 3 rings (SSSR count). The molecule has 4 N–H and O–H groups in total. The fourth-order valence-corrected chi connectivity index (χ4v) is 4.97. The predicted octanol–water partition coefficient (Wildman–Crippen LogP) is 5.34. The van der Waals surface area contributed by atoms with Crippen LogP contribution in [-0.4, -0.2) is 42.8 Å². The monoisotopic (exact) mass is 513 g/mol. The Hall–Kier alpha value is -3.33. The highest BCUT2D eigenvalue weighted by Crippen LogP contribution is 2.35. The molecular formula is C27H35N3O5S. The summed E-state index contributed by atoms with van der Waals surface area (Å²) in [6, 6.07) is 8.73. The van der Waals surface area contributed by atoms with Gasteiger partial charge in [0.2, 0.25) is 0 Å². The number of carbonyl (C=O) groups is 3. The SMILES string of the molecule is CNc1sc(-c2cccc(/C=C/CC(NC(=O)OC(C)(C)C)C(=O)OC3CCCC3)c2)cc1C(N)=O. The van der Waals surface area contributed by atoms with Crippen molar-refractivity contribution in [2.75, 3.05) is 12.4 Å². The van der Waals surface area contributed by atoms with Crippen molar-refractivity contribution in [1.29, 1.82) is 0 Å². The Kier molecular flexibility index (Phi) is 9.14. The zero-order valence-corrected chi connectivity index (χ0v) is 22.1. The maximum absolute atomic E-state index is 12.8. The molecule has 194 valence electrons. The minimum absolute atomic E-state index is 0.0975. The van der Waals surface area contributed by atoms with E-state index in [-0.39, 0.29) is 12.5 Å². The number of hydrogen-bond acceptors (Lipinski definition) is 7. The van der Waals surface area contributed by atoms with Crippen molar-refractivity contribution in [3.05, 3.63) is 47.5 Å². The van der Waals surface area contributed by atoms with Crippen molar-refractivity contribution in [1.82, 2.24) is 5.32 Å². The number of rotatable bonds is 9. The summed E-state index contributed by atoms with van der Waals surface area (Å²) in [7, 11) is 1.75. The molecule has 8 nitrogen and oxygen atoms in total. The minimum atomic E-state index is -0.853. The van der Waals surface area contributed by atoms with Crippen LogP contribution in [0.4, 0.5) is 9.80 Å². The smallest absolute Gasteiger partial charge is 0.408 e. The van der Waals surface area contributed by atoms with E-state index in [9.17, 15) is 14.4 Å². The van der Waals surface area contributed by atoms with Gasteiger partial charge in [0.1, 0.15) is 22.7 Å². The fourth-order valence-electron chi connectivity index (χ4n) is 3.95. The molecule has 1 unspecified atom stereocenters. The average Bonchev–Trinajstić information content (AvgIpc) is 3.47. The molecule has 1 atom stereocenters. The molecule has 0 radical (unpaired) electrons. The van der Waals surface area contributed by atoms with E-state index in [1.54, 1.807) is 33.9 Å². The lowest BCUT2D eigenvalue weighted by Crippen LogP contribution is -2.44. The molecular weight excluding hydrogens is 478 g/mol. The highest BCUT2D eigenvalue weighted by atomic mass is 32.1. The maximum Gasteiger partial charge on any atom is 0.408 e. The molecule has 1 aromatic carbocycles. The second kappa shape index (κ2) is 12.1. The summed E-state index contributed by atoms with van der Waals surface area (Å²) in [5.41, 5.74) is 7.12. The van der Waals surface area contributed by atoms with Crippen molar-refractivity contribution in [2.45, 2.75) is 70.6 Å². The third-order valence-electron chi connectivity index (χ3n) is 5.64. The van der Waals surface area contributed by atoms with Crippen LogP contribution in [-0.2, 0) is 14.3 Å². The van der Waals surface area contributed by atoms with E-state index in [0.29, 0.717) is 5.56 Å². The van der Waals surface area contributed by atoms with Crippen molar-refractivity contribution in [2.24, 2.45) is 5.73 Å². The number of benzene rings is 1. The third-order valence-corrected chi connectivity index (χ3v) is 6.84. The number of amides is 2. The van der Waals surface area contributed by atoms with Crippen molar-refractivity contribution in [3.8, 4) is 10.4 Å². The molecule has 0 spiro atoms. The largest absolute Gasteiger partial charge is 0.461 e. The molecule has 2 aromatic rings. The molecule has 2 amide bonds. The van der Waals surface area contributed by atoms with Crippen LogP contribution in [0, 0.1) is 0 Å². The van der Waals surface area contributed by atoms with Gasteiger partial charge >= 0.3 is 12.1 Å². The number of thiophene rings is 1. The van der Waals surface area contributed by atoms with Crippen molar-refractivity contribution in [3.63, 3.8) is 0 Å². The molecule has 36 heavy (non-hydrogen) atoms. The summed E-state index contributed by atoms with van der Waals surface area (Å²) in [5.74, 6) is -0.936. The molecule has 1 saturated carbocycles. The summed E-state index contributed by atoms with van der Waals surface area (Å²) >= 11 is 1.45. The third kappa shape index (κ3) is 7.84. The van der Waals surface area contributed by atoms with Crippen LogP contribution in [0.1, 0.15) is 68.8 Å². The molecule has 1 fully saturated rings.